The number of carboxylic acids is 1. The molecule has 0 aromatic rings. The summed E-state index contributed by atoms with van der Waals surface area (Å²) in [5.41, 5.74) is 0. The number of carboxylic acid groups (broad SMARTS) is 1. The maximum Gasteiger partial charge on any atom is 0.326 e. The van der Waals surface area contributed by atoms with Crippen molar-refractivity contribution in [3.05, 3.63) is 12.7 Å². The maximum atomic E-state index is 11.0. The van der Waals surface area contributed by atoms with Crippen LogP contribution in [0.2, 0.25) is 0 Å². The van der Waals surface area contributed by atoms with Gasteiger partial charge in [0.2, 0.25) is 5.91 Å². The quantitative estimate of drug-likeness (QED) is 0.605. The van der Waals surface area contributed by atoms with E-state index >= 15 is 0 Å². The number of hydrogen-bond donors (Lipinski definition) is 2. The summed E-state index contributed by atoms with van der Waals surface area (Å²) >= 11 is 0. The SMILES string of the molecule is C=CCC(=O)N[C@@H](CCC)C(=O)O. The summed E-state index contributed by atoms with van der Waals surface area (Å²) in [4.78, 5) is 21.6. The van der Waals surface area contributed by atoms with Gasteiger partial charge >= 0.3 is 5.97 Å². The average molecular weight is 185 g/mol. The van der Waals surface area contributed by atoms with Crippen molar-refractivity contribution in [3.8, 4) is 0 Å². The first-order valence-electron chi connectivity index (χ1n) is 4.24. The van der Waals surface area contributed by atoms with Crippen molar-refractivity contribution in [3.63, 3.8) is 0 Å². The second-order valence-corrected chi connectivity index (χ2v) is 2.74. The lowest BCUT2D eigenvalue weighted by molar-refractivity contribution is -0.141. The summed E-state index contributed by atoms with van der Waals surface area (Å²) < 4.78 is 0. The van der Waals surface area contributed by atoms with E-state index in [1.165, 1.54) is 6.08 Å². The first kappa shape index (κ1) is 11.7. The van der Waals surface area contributed by atoms with Gasteiger partial charge < -0.3 is 10.4 Å². The van der Waals surface area contributed by atoms with Crippen LogP contribution in [0.3, 0.4) is 0 Å². The molecule has 0 saturated carbocycles. The predicted octanol–water partition coefficient (Wildman–Crippen LogP) is 0.932. The predicted molar refractivity (Wildman–Crippen MR) is 49.3 cm³/mol. The minimum Gasteiger partial charge on any atom is -0.480 e. The van der Waals surface area contributed by atoms with Gasteiger partial charge in [-0.05, 0) is 6.42 Å². The summed E-state index contributed by atoms with van der Waals surface area (Å²) in [6, 6.07) is -0.766. The van der Waals surface area contributed by atoms with Crippen LogP contribution in [-0.4, -0.2) is 23.0 Å². The lowest BCUT2D eigenvalue weighted by Crippen LogP contribution is -2.40. The largest absolute Gasteiger partial charge is 0.480 e. The molecule has 0 rings (SSSR count). The van der Waals surface area contributed by atoms with E-state index in [0.717, 1.165) is 6.42 Å². The van der Waals surface area contributed by atoms with Gasteiger partial charge in [-0.3, -0.25) is 4.79 Å². The summed E-state index contributed by atoms with van der Waals surface area (Å²) in [6.45, 7) is 5.26. The topological polar surface area (TPSA) is 66.4 Å². The molecule has 0 unspecified atom stereocenters. The van der Waals surface area contributed by atoms with Crippen LogP contribution in [0.15, 0.2) is 12.7 Å². The standard InChI is InChI=1S/C9H15NO3/c1-3-5-7(9(12)13)10-8(11)6-4-2/h4,7H,2-3,5-6H2,1H3,(H,10,11)(H,12,13)/t7-/m0/s1. The molecular formula is C9H15NO3. The third kappa shape index (κ3) is 5.00. The molecule has 2 N–H and O–H groups in total. The average Bonchev–Trinajstić information content (AvgIpc) is 2.04. The van der Waals surface area contributed by atoms with Crippen LogP contribution in [0.1, 0.15) is 26.2 Å². The third-order valence-electron chi connectivity index (χ3n) is 1.54. The molecule has 0 aromatic carbocycles. The molecule has 1 atom stereocenters. The van der Waals surface area contributed by atoms with E-state index in [1.807, 2.05) is 6.92 Å². The van der Waals surface area contributed by atoms with E-state index in [4.69, 9.17) is 5.11 Å². The summed E-state index contributed by atoms with van der Waals surface area (Å²) in [7, 11) is 0. The van der Waals surface area contributed by atoms with Crippen LogP contribution < -0.4 is 5.32 Å². The molecule has 0 bridgehead atoms. The Morgan fingerprint density at radius 2 is 2.23 bits per heavy atom. The number of amides is 1. The van der Waals surface area contributed by atoms with Crippen LogP contribution in [0, 0.1) is 0 Å². The molecule has 0 aliphatic carbocycles. The van der Waals surface area contributed by atoms with Crippen molar-refractivity contribution in [2.45, 2.75) is 32.2 Å². The van der Waals surface area contributed by atoms with Crippen molar-refractivity contribution in [2.24, 2.45) is 0 Å². The van der Waals surface area contributed by atoms with Crippen molar-refractivity contribution < 1.29 is 14.7 Å². The number of carbonyl (C=O) groups excluding carboxylic acids is 1. The van der Waals surface area contributed by atoms with Crippen LogP contribution in [0.25, 0.3) is 0 Å². The molecule has 0 aliphatic rings. The normalized spacial score (nSPS) is 11.8. The van der Waals surface area contributed by atoms with E-state index in [1.54, 1.807) is 0 Å². The molecule has 4 nitrogen and oxygen atoms in total. The van der Waals surface area contributed by atoms with Crippen molar-refractivity contribution in [1.82, 2.24) is 5.32 Å². The van der Waals surface area contributed by atoms with Crippen LogP contribution in [0.4, 0.5) is 0 Å². The van der Waals surface area contributed by atoms with Gasteiger partial charge in [-0.25, -0.2) is 4.79 Å². The van der Waals surface area contributed by atoms with Crippen molar-refractivity contribution in [2.75, 3.05) is 0 Å². The lowest BCUT2D eigenvalue weighted by Gasteiger charge is -2.12. The smallest absolute Gasteiger partial charge is 0.326 e. The van der Waals surface area contributed by atoms with Crippen molar-refractivity contribution in [1.29, 1.82) is 0 Å². The Kier molecular flexibility index (Phi) is 5.59. The van der Waals surface area contributed by atoms with E-state index in [0.29, 0.717) is 6.42 Å². The minimum absolute atomic E-state index is 0.160. The monoisotopic (exact) mass is 185 g/mol. The number of nitrogens with one attached hydrogen (secondary N) is 1. The molecule has 0 saturated heterocycles. The highest BCUT2D eigenvalue weighted by molar-refractivity contribution is 5.84. The molecule has 0 spiro atoms. The summed E-state index contributed by atoms with van der Waals surface area (Å²) in [5.74, 6) is -1.28. The highest BCUT2D eigenvalue weighted by Crippen LogP contribution is 1.97. The molecule has 0 heterocycles. The molecule has 74 valence electrons. The Morgan fingerprint density at radius 3 is 2.62 bits per heavy atom. The Morgan fingerprint density at radius 1 is 1.62 bits per heavy atom. The fourth-order valence-corrected chi connectivity index (χ4v) is 0.930. The number of carbonyl (C=O) groups is 2. The Labute approximate surface area is 77.6 Å². The van der Waals surface area contributed by atoms with Crippen molar-refractivity contribution >= 4 is 11.9 Å². The fraction of sp³-hybridized carbons (Fsp3) is 0.556. The molecule has 1 amide bonds. The lowest BCUT2D eigenvalue weighted by atomic mass is 10.1. The molecular weight excluding hydrogens is 170 g/mol. The van der Waals surface area contributed by atoms with Gasteiger partial charge in [0.1, 0.15) is 6.04 Å². The second kappa shape index (κ2) is 6.22. The Hall–Kier alpha value is -1.32. The first-order valence-corrected chi connectivity index (χ1v) is 4.24. The highest BCUT2D eigenvalue weighted by atomic mass is 16.4. The van der Waals surface area contributed by atoms with E-state index < -0.39 is 12.0 Å². The number of hydrogen-bond acceptors (Lipinski definition) is 2. The fourth-order valence-electron chi connectivity index (χ4n) is 0.930. The number of aliphatic carboxylic acids is 1. The van der Waals surface area contributed by atoms with Crippen LogP contribution in [0.5, 0.6) is 0 Å². The second-order valence-electron chi connectivity index (χ2n) is 2.74. The highest BCUT2D eigenvalue weighted by Gasteiger charge is 2.17. The molecule has 0 radical (unpaired) electrons. The van der Waals surface area contributed by atoms with E-state index in [-0.39, 0.29) is 12.3 Å². The molecule has 4 heteroatoms. The zero-order valence-corrected chi connectivity index (χ0v) is 7.75. The zero-order valence-electron chi connectivity index (χ0n) is 7.75. The number of rotatable bonds is 6. The Bertz CT molecular complexity index is 201. The minimum atomic E-state index is -0.987. The van der Waals surface area contributed by atoms with Gasteiger partial charge in [-0.15, -0.1) is 6.58 Å². The first-order chi connectivity index (χ1) is 6.11. The summed E-state index contributed by atoms with van der Waals surface area (Å²) in [5, 5.41) is 11.1. The Balaban J connectivity index is 4.01. The van der Waals surface area contributed by atoms with E-state index in [2.05, 4.69) is 11.9 Å². The van der Waals surface area contributed by atoms with Gasteiger partial charge in [-0.2, -0.15) is 0 Å². The molecule has 0 fully saturated rings. The molecule has 0 aromatic heterocycles. The zero-order chi connectivity index (χ0) is 10.3. The molecule has 0 aliphatic heterocycles. The van der Waals surface area contributed by atoms with Gasteiger partial charge in [0, 0.05) is 6.42 Å². The summed E-state index contributed by atoms with van der Waals surface area (Å²) in [6.07, 6.45) is 2.79. The van der Waals surface area contributed by atoms with Gasteiger partial charge in [0.05, 0.1) is 0 Å². The maximum absolute atomic E-state index is 11.0. The molecule has 13 heavy (non-hydrogen) atoms. The third-order valence-corrected chi connectivity index (χ3v) is 1.54. The van der Waals surface area contributed by atoms with Gasteiger partial charge in [0.25, 0.3) is 0 Å². The van der Waals surface area contributed by atoms with Crippen LogP contribution in [-0.2, 0) is 9.59 Å². The van der Waals surface area contributed by atoms with Gasteiger partial charge in [-0.1, -0.05) is 19.4 Å². The van der Waals surface area contributed by atoms with Crippen LogP contribution >= 0.6 is 0 Å². The van der Waals surface area contributed by atoms with E-state index in [9.17, 15) is 9.59 Å². The van der Waals surface area contributed by atoms with Gasteiger partial charge in [0.15, 0.2) is 0 Å².